The summed E-state index contributed by atoms with van der Waals surface area (Å²) in [6.07, 6.45) is 5.50. The highest BCUT2D eigenvalue weighted by molar-refractivity contribution is 5.95. The SMILES string of the molecule is CCCCC[C@H](C)C[C@@H](CC)C(=O)N1C(=O)O[C@@H](c2ccccc2)[C@H]1C. The second kappa shape index (κ2) is 9.75. The molecule has 1 saturated heterocycles. The van der Waals surface area contributed by atoms with E-state index in [0.29, 0.717) is 5.92 Å². The topological polar surface area (TPSA) is 46.6 Å². The zero-order valence-electron chi connectivity index (χ0n) is 16.6. The zero-order valence-corrected chi connectivity index (χ0v) is 16.6. The van der Waals surface area contributed by atoms with Crippen LogP contribution in [0.3, 0.4) is 0 Å². The van der Waals surface area contributed by atoms with Crippen molar-refractivity contribution in [2.45, 2.75) is 78.4 Å². The van der Waals surface area contributed by atoms with Gasteiger partial charge in [-0.15, -0.1) is 0 Å². The lowest BCUT2D eigenvalue weighted by atomic mass is 9.89. The number of amides is 2. The summed E-state index contributed by atoms with van der Waals surface area (Å²) >= 11 is 0. The second-order valence-corrected chi connectivity index (χ2v) is 7.61. The number of hydrogen-bond acceptors (Lipinski definition) is 3. The van der Waals surface area contributed by atoms with Gasteiger partial charge in [-0.05, 0) is 31.2 Å². The number of unbranched alkanes of at least 4 members (excludes halogenated alkanes) is 2. The van der Waals surface area contributed by atoms with Gasteiger partial charge >= 0.3 is 6.09 Å². The van der Waals surface area contributed by atoms with Crippen LogP contribution in [0.15, 0.2) is 30.3 Å². The Labute approximate surface area is 157 Å². The Balaban J connectivity index is 2.03. The summed E-state index contributed by atoms with van der Waals surface area (Å²) in [7, 11) is 0. The van der Waals surface area contributed by atoms with Gasteiger partial charge in [0.25, 0.3) is 0 Å². The molecule has 144 valence electrons. The Morgan fingerprint density at radius 1 is 1.19 bits per heavy atom. The summed E-state index contributed by atoms with van der Waals surface area (Å²) in [6.45, 7) is 8.34. The van der Waals surface area contributed by atoms with Gasteiger partial charge in [-0.1, -0.05) is 76.8 Å². The summed E-state index contributed by atoms with van der Waals surface area (Å²) in [5.74, 6) is 0.302. The van der Waals surface area contributed by atoms with E-state index in [2.05, 4.69) is 13.8 Å². The van der Waals surface area contributed by atoms with Gasteiger partial charge < -0.3 is 4.74 Å². The molecule has 26 heavy (non-hydrogen) atoms. The lowest BCUT2D eigenvalue weighted by Gasteiger charge is -2.25. The first kappa shape index (κ1) is 20.5. The normalized spacial score (nSPS) is 22.2. The first-order valence-electron chi connectivity index (χ1n) is 10.1. The van der Waals surface area contributed by atoms with Crippen molar-refractivity contribution >= 4 is 12.0 Å². The Morgan fingerprint density at radius 3 is 2.50 bits per heavy atom. The Bertz CT molecular complexity index is 586. The Kier molecular flexibility index (Phi) is 7.67. The average Bonchev–Trinajstić information content (AvgIpc) is 2.94. The second-order valence-electron chi connectivity index (χ2n) is 7.61. The van der Waals surface area contributed by atoms with Crippen molar-refractivity contribution in [2.75, 3.05) is 0 Å². The van der Waals surface area contributed by atoms with Gasteiger partial charge in [-0.3, -0.25) is 4.79 Å². The van der Waals surface area contributed by atoms with Crippen LogP contribution in [-0.4, -0.2) is 22.9 Å². The number of ether oxygens (including phenoxy) is 1. The molecule has 2 amide bonds. The van der Waals surface area contributed by atoms with E-state index < -0.39 is 6.09 Å². The molecule has 1 aliphatic heterocycles. The molecule has 4 nitrogen and oxygen atoms in total. The summed E-state index contributed by atoms with van der Waals surface area (Å²) < 4.78 is 5.54. The van der Waals surface area contributed by atoms with Crippen LogP contribution in [0, 0.1) is 11.8 Å². The number of hydrogen-bond donors (Lipinski definition) is 0. The van der Waals surface area contributed by atoms with Gasteiger partial charge in [-0.2, -0.15) is 0 Å². The molecule has 2 rings (SSSR count). The fourth-order valence-electron chi connectivity index (χ4n) is 3.83. The molecule has 1 aromatic rings. The minimum atomic E-state index is -0.506. The van der Waals surface area contributed by atoms with E-state index in [1.165, 1.54) is 24.2 Å². The number of nitrogens with zero attached hydrogens (tertiary/aromatic N) is 1. The van der Waals surface area contributed by atoms with Crippen LogP contribution in [0.5, 0.6) is 0 Å². The Morgan fingerprint density at radius 2 is 1.88 bits per heavy atom. The van der Waals surface area contributed by atoms with Gasteiger partial charge in [-0.25, -0.2) is 9.69 Å². The minimum Gasteiger partial charge on any atom is -0.439 e. The number of carbonyl (C=O) groups is 2. The third-order valence-corrected chi connectivity index (χ3v) is 5.46. The van der Waals surface area contributed by atoms with Crippen molar-refractivity contribution in [1.29, 1.82) is 0 Å². The number of imide groups is 1. The summed E-state index contributed by atoms with van der Waals surface area (Å²) in [5, 5.41) is 0. The molecular formula is C22H33NO3. The van der Waals surface area contributed by atoms with Crippen LogP contribution in [0.2, 0.25) is 0 Å². The van der Waals surface area contributed by atoms with Crippen molar-refractivity contribution in [3.8, 4) is 0 Å². The van der Waals surface area contributed by atoms with E-state index in [1.54, 1.807) is 0 Å². The quantitative estimate of drug-likeness (QED) is 0.529. The molecule has 0 aromatic heterocycles. The number of rotatable bonds is 9. The molecule has 0 bridgehead atoms. The van der Waals surface area contributed by atoms with Crippen LogP contribution in [0.4, 0.5) is 4.79 Å². The fraction of sp³-hybridized carbons (Fsp3) is 0.636. The van der Waals surface area contributed by atoms with Crippen molar-refractivity contribution in [2.24, 2.45) is 11.8 Å². The smallest absolute Gasteiger partial charge is 0.417 e. The van der Waals surface area contributed by atoms with Crippen LogP contribution >= 0.6 is 0 Å². The molecule has 1 aliphatic rings. The predicted molar refractivity (Wildman–Crippen MR) is 104 cm³/mol. The maximum absolute atomic E-state index is 13.1. The van der Waals surface area contributed by atoms with Gasteiger partial charge in [0.2, 0.25) is 5.91 Å². The first-order valence-corrected chi connectivity index (χ1v) is 10.1. The minimum absolute atomic E-state index is 0.0780. The van der Waals surface area contributed by atoms with E-state index in [9.17, 15) is 9.59 Å². The van der Waals surface area contributed by atoms with Crippen molar-refractivity contribution in [3.63, 3.8) is 0 Å². The lowest BCUT2D eigenvalue weighted by molar-refractivity contribution is -0.134. The molecule has 0 aliphatic carbocycles. The Hall–Kier alpha value is -1.84. The van der Waals surface area contributed by atoms with Crippen LogP contribution in [0.1, 0.15) is 77.9 Å². The number of cyclic esters (lactones) is 1. The highest BCUT2D eigenvalue weighted by Crippen LogP contribution is 2.34. The molecule has 4 atom stereocenters. The van der Waals surface area contributed by atoms with E-state index >= 15 is 0 Å². The predicted octanol–water partition coefficient (Wildman–Crippen LogP) is 5.73. The molecule has 0 saturated carbocycles. The lowest BCUT2D eigenvalue weighted by Crippen LogP contribution is -2.42. The van der Waals surface area contributed by atoms with Gasteiger partial charge in [0.15, 0.2) is 0 Å². The zero-order chi connectivity index (χ0) is 19.1. The van der Waals surface area contributed by atoms with Gasteiger partial charge in [0.05, 0.1) is 6.04 Å². The average molecular weight is 360 g/mol. The van der Waals surface area contributed by atoms with Gasteiger partial charge in [0, 0.05) is 5.92 Å². The highest BCUT2D eigenvalue weighted by atomic mass is 16.6. The highest BCUT2D eigenvalue weighted by Gasteiger charge is 2.44. The van der Waals surface area contributed by atoms with E-state index in [-0.39, 0.29) is 24.0 Å². The van der Waals surface area contributed by atoms with Crippen LogP contribution < -0.4 is 0 Å². The third kappa shape index (κ3) is 4.87. The van der Waals surface area contributed by atoms with E-state index in [0.717, 1.165) is 24.8 Å². The fourth-order valence-corrected chi connectivity index (χ4v) is 3.83. The van der Waals surface area contributed by atoms with Crippen molar-refractivity contribution in [1.82, 2.24) is 4.90 Å². The summed E-state index contributed by atoms with van der Waals surface area (Å²) in [6, 6.07) is 9.38. The van der Waals surface area contributed by atoms with Crippen LogP contribution in [0.25, 0.3) is 0 Å². The monoisotopic (exact) mass is 359 g/mol. The van der Waals surface area contributed by atoms with Gasteiger partial charge in [0.1, 0.15) is 6.10 Å². The van der Waals surface area contributed by atoms with Crippen molar-refractivity contribution < 1.29 is 14.3 Å². The van der Waals surface area contributed by atoms with Crippen molar-refractivity contribution in [3.05, 3.63) is 35.9 Å². The molecule has 0 unspecified atom stereocenters. The summed E-state index contributed by atoms with van der Waals surface area (Å²) in [5.41, 5.74) is 0.935. The standard InChI is InChI=1S/C22H33NO3/c1-5-7-9-12-16(3)15-18(6-2)21(24)23-17(4)20(26-22(23)25)19-13-10-8-11-14-19/h8,10-11,13-14,16-18,20H,5-7,9,12,15H2,1-4H3/t16-,17+,18+,20+/m0/s1. The maximum Gasteiger partial charge on any atom is 0.417 e. The number of carbonyl (C=O) groups excluding carboxylic acids is 2. The molecule has 0 spiro atoms. The molecule has 4 heteroatoms. The summed E-state index contributed by atoms with van der Waals surface area (Å²) in [4.78, 5) is 26.8. The number of benzene rings is 1. The van der Waals surface area contributed by atoms with E-state index in [4.69, 9.17) is 4.74 Å². The third-order valence-electron chi connectivity index (χ3n) is 5.46. The first-order chi connectivity index (χ1) is 12.5. The molecule has 1 heterocycles. The molecule has 1 fully saturated rings. The maximum atomic E-state index is 13.1. The van der Waals surface area contributed by atoms with Crippen LogP contribution in [-0.2, 0) is 9.53 Å². The van der Waals surface area contributed by atoms with E-state index in [1.807, 2.05) is 44.2 Å². The molecule has 1 aromatic carbocycles. The molecule has 0 radical (unpaired) electrons. The molecule has 0 N–H and O–H groups in total. The largest absolute Gasteiger partial charge is 0.439 e. The molecular weight excluding hydrogens is 326 g/mol.